The summed E-state index contributed by atoms with van der Waals surface area (Å²) in [6, 6.07) is -0.711. The van der Waals surface area contributed by atoms with Gasteiger partial charge in [0.2, 0.25) is 5.91 Å². The van der Waals surface area contributed by atoms with Crippen molar-refractivity contribution in [2.24, 2.45) is 0 Å². The van der Waals surface area contributed by atoms with Crippen molar-refractivity contribution in [2.75, 3.05) is 6.61 Å². The number of aliphatic hydroxyl groups excluding tert-OH is 2. The molecule has 1 amide bonds. The van der Waals surface area contributed by atoms with Crippen molar-refractivity contribution < 1.29 is 24.5 Å². The lowest BCUT2D eigenvalue weighted by atomic mass is 10.0. The molecule has 0 aliphatic carbocycles. The van der Waals surface area contributed by atoms with Crippen molar-refractivity contribution in [2.45, 2.75) is 315 Å². The number of unbranched alkanes of at least 4 members (excludes halogenated alkanes) is 34. The van der Waals surface area contributed by atoms with Crippen LogP contribution in [0.4, 0.5) is 0 Å². The van der Waals surface area contributed by atoms with Gasteiger partial charge in [-0.1, -0.05) is 256 Å². The molecule has 0 saturated carbocycles. The lowest BCUT2D eigenvalue weighted by Crippen LogP contribution is -2.46. The van der Waals surface area contributed by atoms with Gasteiger partial charge in [0.25, 0.3) is 0 Å². The second-order valence-electron chi connectivity index (χ2n) is 19.7. The van der Waals surface area contributed by atoms with E-state index in [1.807, 2.05) is 0 Å². The monoisotopic (exact) mass is 926 g/mol. The van der Waals surface area contributed by atoms with Crippen molar-refractivity contribution >= 4 is 11.9 Å². The number of nitrogens with one attached hydrogen (secondary N) is 1. The van der Waals surface area contributed by atoms with Gasteiger partial charge in [-0.15, -0.1) is 0 Å². The Morgan fingerprint density at radius 1 is 0.439 bits per heavy atom. The van der Waals surface area contributed by atoms with Crippen LogP contribution in [0, 0.1) is 0 Å². The smallest absolute Gasteiger partial charge is 0.306 e. The Kier molecular flexibility index (Phi) is 52.0. The minimum Gasteiger partial charge on any atom is -0.462 e. The summed E-state index contributed by atoms with van der Waals surface area (Å²) in [6.45, 7) is 6.48. The maximum Gasteiger partial charge on any atom is 0.306 e. The highest BCUT2D eigenvalue weighted by molar-refractivity contribution is 5.77. The van der Waals surface area contributed by atoms with Gasteiger partial charge in [0.1, 0.15) is 6.10 Å². The summed E-state index contributed by atoms with van der Waals surface area (Å²) in [5, 5.41) is 23.9. The first-order chi connectivity index (χ1) is 32.5. The molecule has 0 aromatic heterocycles. The summed E-state index contributed by atoms with van der Waals surface area (Å²) in [4.78, 5) is 26.3. The summed E-state index contributed by atoms with van der Waals surface area (Å²) in [7, 11) is 0. The molecule has 0 aliphatic rings. The van der Waals surface area contributed by atoms with Crippen LogP contribution in [0.3, 0.4) is 0 Å². The van der Waals surface area contributed by atoms with E-state index >= 15 is 0 Å². The van der Waals surface area contributed by atoms with Crippen LogP contribution in [0.15, 0.2) is 48.6 Å². The molecule has 0 aromatic carbocycles. The molecule has 0 radical (unpaired) electrons. The number of aliphatic hydroxyl groups is 2. The number of ether oxygens (including phenoxy) is 1. The third-order valence-corrected chi connectivity index (χ3v) is 13.2. The maximum atomic E-state index is 13.3. The molecule has 0 rings (SSSR count). The average Bonchev–Trinajstić information content (AvgIpc) is 3.31. The van der Waals surface area contributed by atoms with Crippen LogP contribution in [0.25, 0.3) is 0 Å². The molecule has 0 spiro atoms. The van der Waals surface area contributed by atoms with Crippen molar-refractivity contribution in [1.82, 2.24) is 5.32 Å². The van der Waals surface area contributed by atoms with E-state index < -0.39 is 18.2 Å². The minimum absolute atomic E-state index is 0.0600. The lowest BCUT2D eigenvalue weighted by Gasteiger charge is -2.24. The Labute approximate surface area is 410 Å². The molecule has 0 aliphatic heterocycles. The second kappa shape index (κ2) is 53.8. The molecule has 3 unspecified atom stereocenters. The van der Waals surface area contributed by atoms with Crippen LogP contribution in [0.5, 0.6) is 0 Å². The first-order valence-corrected chi connectivity index (χ1v) is 28.9. The van der Waals surface area contributed by atoms with Gasteiger partial charge in [-0.3, -0.25) is 9.59 Å². The van der Waals surface area contributed by atoms with Gasteiger partial charge in [0.15, 0.2) is 0 Å². The van der Waals surface area contributed by atoms with E-state index in [-0.39, 0.29) is 24.9 Å². The molecular weight excluding hydrogens is 815 g/mol. The fourth-order valence-electron chi connectivity index (χ4n) is 8.78. The predicted octanol–water partition coefficient (Wildman–Crippen LogP) is 17.8. The zero-order valence-corrected chi connectivity index (χ0v) is 44.1. The fourth-order valence-corrected chi connectivity index (χ4v) is 8.78. The van der Waals surface area contributed by atoms with Crippen LogP contribution in [-0.4, -0.2) is 46.9 Å². The van der Waals surface area contributed by atoms with E-state index in [4.69, 9.17) is 4.74 Å². The maximum absolute atomic E-state index is 13.3. The third kappa shape index (κ3) is 48.3. The van der Waals surface area contributed by atoms with Gasteiger partial charge in [-0.25, -0.2) is 0 Å². The van der Waals surface area contributed by atoms with E-state index in [2.05, 4.69) is 74.7 Å². The van der Waals surface area contributed by atoms with Crippen molar-refractivity contribution in [3.63, 3.8) is 0 Å². The molecular formula is C60H111NO5. The zero-order chi connectivity index (χ0) is 48.1. The highest BCUT2D eigenvalue weighted by Gasteiger charge is 2.24. The minimum atomic E-state index is -0.796. The van der Waals surface area contributed by atoms with Crippen molar-refractivity contribution in [3.8, 4) is 0 Å². The molecule has 0 aromatic rings. The van der Waals surface area contributed by atoms with Gasteiger partial charge in [0.05, 0.1) is 25.2 Å². The van der Waals surface area contributed by atoms with E-state index in [0.29, 0.717) is 19.3 Å². The van der Waals surface area contributed by atoms with Gasteiger partial charge in [0, 0.05) is 6.42 Å². The van der Waals surface area contributed by atoms with Gasteiger partial charge >= 0.3 is 5.97 Å². The Balaban J connectivity index is 4.62. The van der Waals surface area contributed by atoms with E-state index in [1.54, 1.807) is 0 Å². The standard InChI is InChI=1S/C60H111NO5/c1-4-7-10-13-16-19-22-25-27-29-30-32-35-38-41-44-47-50-53-60(65)66-56(51-48-45-42-39-36-34-31-28-26-23-20-17-14-11-8-5-2)54-59(64)61-57(55-62)58(63)52-49-46-43-40-37-33-24-21-18-15-12-9-6-3/h22,25,27,29-30,32,34,36,56-58,62-63H,4-21,23-24,26,28,31,33,35,37-55H2,1-3H3,(H,61,64)/b25-22+,29-27+,32-30+,36-34+. The van der Waals surface area contributed by atoms with E-state index in [9.17, 15) is 19.8 Å². The number of amides is 1. The Bertz CT molecular complexity index is 1130. The van der Waals surface area contributed by atoms with Crippen LogP contribution < -0.4 is 5.32 Å². The number of carbonyl (C=O) groups excluding carboxylic acids is 2. The molecule has 6 nitrogen and oxygen atoms in total. The number of hydrogen-bond acceptors (Lipinski definition) is 5. The SMILES string of the molecule is CCCCCCC/C=C/C=C/C=C/CCCCCCCC(=O)OC(CCCCC/C=C/CCCCCCCCCCC)CC(=O)NC(CO)C(O)CCCCCCCCCCCCCCC. The zero-order valence-electron chi connectivity index (χ0n) is 44.1. The number of allylic oxidation sites excluding steroid dienone is 8. The van der Waals surface area contributed by atoms with Crippen LogP contribution in [0.1, 0.15) is 297 Å². The molecule has 0 saturated heterocycles. The van der Waals surface area contributed by atoms with E-state index in [1.165, 1.54) is 167 Å². The largest absolute Gasteiger partial charge is 0.462 e. The summed E-state index contributed by atoms with van der Waals surface area (Å²) in [6.07, 6.45) is 66.0. The molecule has 3 N–H and O–H groups in total. The molecule has 0 fully saturated rings. The van der Waals surface area contributed by atoms with Crippen molar-refractivity contribution in [1.29, 1.82) is 0 Å². The first-order valence-electron chi connectivity index (χ1n) is 28.9. The number of carbonyl (C=O) groups is 2. The first kappa shape index (κ1) is 63.8. The Morgan fingerprint density at radius 3 is 1.21 bits per heavy atom. The number of esters is 1. The topological polar surface area (TPSA) is 95.9 Å². The number of rotatable bonds is 52. The molecule has 3 atom stereocenters. The second-order valence-corrected chi connectivity index (χ2v) is 19.7. The van der Waals surface area contributed by atoms with Gasteiger partial charge < -0.3 is 20.3 Å². The average molecular weight is 927 g/mol. The van der Waals surface area contributed by atoms with Crippen LogP contribution >= 0.6 is 0 Å². The van der Waals surface area contributed by atoms with Crippen LogP contribution in [0.2, 0.25) is 0 Å². The summed E-state index contributed by atoms with van der Waals surface area (Å²) in [5.41, 5.74) is 0. The molecule has 0 bridgehead atoms. The summed E-state index contributed by atoms with van der Waals surface area (Å²) < 4.78 is 5.95. The predicted molar refractivity (Wildman–Crippen MR) is 287 cm³/mol. The van der Waals surface area contributed by atoms with E-state index in [0.717, 1.165) is 83.5 Å². The normalized spacial score (nSPS) is 13.5. The summed E-state index contributed by atoms with van der Waals surface area (Å²) in [5.74, 6) is -0.501. The molecule has 6 heteroatoms. The lowest BCUT2D eigenvalue weighted by molar-refractivity contribution is -0.151. The van der Waals surface area contributed by atoms with Gasteiger partial charge in [-0.2, -0.15) is 0 Å². The molecule has 66 heavy (non-hydrogen) atoms. The Morgan fingerprint density at radius 2 is 0.788 bits per heavy atom. The quantitative estimate of drug-likeness (QED) is 0.0244. The van der Waals surface area contributed by atoms with Crippen molar-refractivity contribution in [3.05, 3.63) is 48.6 Å². The summed E-state index contributed by atoms with van der Waals surface area (Å²) >= 11 is 0. The molecule has 386 valence electrons. The Hall–Kier alpha value is -2.18. The number of hydrogen-bond donors (Lipinski definition) is 3. The highest BCUT2D eigenvalue weighted by atomic mass is 16.5. The van der Waals surface area contributed by atoms with Gasteiger partial charge in [-0.05, 0) is 77.0 Å². The molecule has 0 heterocycles. The van der Waals surface area contributed by atoms with Crippen LogP contribution in [-0.2, 0) is 14.3 Å². The highest BCUT2D eigenvalue weighted by Crippen LogP contribution is 2.18. The fraction of sp³-hybridized carbons (Fsp3) is 0.833. The third-order valence-electron chi connectivity index (χ3n) is 13.2.